The molecule has 0 fully saturated rings. The molecule has 1 spiro atoms. The molecular formula is C56H35N5. The van der Waals surface area contributed by atoms with Crippen molar-refractivity contribution in [3.05, 3.63) is 235 Å². The van der Waals surface area contributed by atoms with Gasteiger partial charge in [0.2, 0.25) is 0 Å². The molecule has 10 aromatic rings. The highest BCUT2D eigenvalue weighted by Crippen LogP contribution is 2.62. The molecule has 61 heavy (non-hydrogen) atoms. The maximum atomic E-state index is 5.44. The zero-order valence-corrected chi connectivity index (χ0v) is 32.9. The van der Waals surface area contributed by atoms with Gasteiger partial charge in [0.15, 0.2) is 17.5 Å². The van der Waals surface area contributed by atoms with E-state index in [0.29, 0.717) is 17.5 Å². The lowest BCUT2D eigenvalue weighted by molar-refractivity contribution is 0.775. The van der Waals surface area contributed by atoms with Gasteiger partial charge in [-0.25, -0.2) is 15.0 Å². The largest absolute Gasteiger partial charge is 0.264 e. The smallest absolute Gasteiger partial charge is 0.164 e. The Morgan fingerprint density at radius 2 is 0.705 bits per heavy atom. The summed E-state index contributed by atoms with van der Waals surface area (Å²) >= 11 is 0. The van der Waals surface area contributed by atoms with E-state index in [1.54, 1.807) is 12.4 Å². The van der Waals surface area contributed by atoms with Crippen LogP contribution in [0, 0.1) is 0 Å². The molecule has 0 unspecified atom stereocenters. The molecule has 0 radical (unpaired) electrons. The summed E-state index contributed by atoms with van der Waals surface area (Å²) in [6.07, 6.45) is 7.38. The quantitative estimate of drug-likeness (QED) is 0.174. The molecule has 5 nitrogen and oxygen atoms in total. The van der Waals surface area contributed by atoms with Gasteiger partial charge >= 0.3 is 0 Å². The van der Waals surface area contributed by atoms with E-state index in [4.69, 9.17) is 15.0 Å². The van der Waals surface area contributed by atoms with Gasteiger partial charge in [-0.05, 0) is 97.1 Å². The van der Waals surface area contributed by atoms with E-state index in [2.05, 4.69) is 168 Å². The number of pyridine rings is 2. The van der Waals surface area contributed by atoms with E-state index in [1.807, 2.05) is 42.7 Å². The first-order valence-electron chi connectivity index (χ1n) is 20.6. The van der Waals surface area contributed by atoms with Crippen molar-refractivity contribution in [2.45, 2.75) is 5.41 Å². The predicted octanol–water partition coefficient (Wildman–Crippen LogP) is 13.0. The van der Waals surface area contributed by atoms with E-state index in [0.717, 1.165) is 44.5 Å². The van der Waals surface area contributed by atoms with Gasteiger partial charge in [0.05, 0.1) is 5.41 Å². The van der Waals surface area contributed by atoms with E-state index in [1.165, 1.54) is 50.1 Å². The lowest BCUT2D eigenvalue weighted by atomic mass is 9.66. The molecule has 0 aliphatic heterocycles. The number of rotatable bonds is 5. The van der Waals surface area contributed by atoms with Crippen LogP contribution < -0.4 is 0 Å². The summed E-state index contributed by atoms with van der Waals surface area (Å²) < 4.78 is 0. The van der Waals surface area contributed by atoms with Crippen LogP contribution in [0.3, 0.4) is 0 Å². The minimum absolute atomic E-state index is 0.582. The molecule has 2 aliphatic rings. The first-order chi connectivity index (χ1) is 30.3. The van der Waals surface area contributed by atoms with Crippen LogP contribution in [0.5, 0.6) is 0 Å². The number of fused-ring (bicyclic) bond motifs is 12. The second kappa shape index (κ2) is 14.0. The Balaban J connectivity index is 1.15. The van der Waals surface area contributed by atoms with Gasteiger partial charge in [-0.3, -0.25) is 9.97 Å². The second-order valence-electron chi connectivity index (χ2n) is 15.6. The Morgan fingerprint density at radius 1 is 0.279 bits per heavy atom. The highest BCUT2D eigenvalue weighted by Gasteiger charge is 2.50. The molecule has 0 atom stereocenters. The topological polar surface area (TPSA) is 64.5 Å². The Bertz CT molecular complexity index is 3180. The Labute approximate surface area is 353 Å². The van der Waals surface area contributed by atoms with Gasteiger partial charge in [-0.1, -0.05) is 158 Å². The summed E-state index contributed by atoms with van der Waals surface area (Å²) in [5.41, 5.74) is 18.3. The first-order valence-corrected chi connectivity index (χ1v) is 20.6. The van der Waals surface area contributed by atoms with E-state index in [9.17, 15) is 0 Å². The van der Waals surface area contributed by atoms with Crippen molar-refractivity contribution >= 4 is 0 Å². The third-order valence-electron chi connectivity index (χ3n) is 12.3. The number of hydrogen-bond donors (Lipinski definition) is 0. The number of benzene rings is 7. The van der Waals surface area contributed by atoms with Crippen molar-refractivity contribution < 1.29 is 0 Å². The molecule has 12 rings (SSSR count). The average molecular weight is 778 g/mol. The van der Waals surface area contributed by atoms with Gasteiger partial charge < -0.3 is 0 Å². The molecular weight excluding hydrogens is 743 g/mol. The molecule has 5 heteroatoms. The van der Waals surface area contributed by atoms with Crippen molar-refractivity contribution in [3.63, 3.8) is 0 Å². The van der Waals surface area contributed by atoms with Crippen molar-refractivity contribution in [1.29, 1.82) is 0 Å². The number of nitrogens with zero attached hydrogens (tertiary/aromatic N) is 5. The summed E-state index contributed by atoms with van der Waals surface area (Å²) in [4.78, 5) is 24.9. The lowest BCUT2D eigenvalue weighted by Gasteiger charge is -2.35. The first kappa shape index (κ1) is 34.9. The van der Waals surface area contributed by atoms with Crippen molar-refractivity contribution in [3.8, 4) is 89.8 Å². The minimum Gasteiger partial charge on any atom is -0.264 e. The molecule has 0 saturated carbocycles. The molecule has 0 N–H and O–H groups in total. The molecule has 0 amide bonds. The molecule has 3 aromatic heterocycles. The average Bonchev–Trinajstić information content (AvgIpc) is 3.59. The second-order valence-corrected chi connectivity index (χ2v) is 15.6. The summed E-state index contributed by atoms with van der Waals surface area (Å²) in [5, 5.41) is 0. The molecule has 0 bridgehead atoms. The summed E-state index contributed by atoms with van der Waals surface area (Å²) in [7, 11) is 0. The molecule has 7 aromatic carbocycles. The predicted molar refractivity (Wildman–Crippen MR) is 244 cm³/mol. The van der Waals surface area contributed by atoms with Crippen LogP contribution in [-0.2, 0) is 5.41 Å². The fraction of sp³-hybridized carbons (Fsp3) is 0.0179. The van der Waals surface area contributed by atoms with Gasteiger partial charge in [0.25, 0.3) is 0 Å². The summed E-state index contributed by atoms with van der Waals surface area (Å²) in [5.74, 6) is 1.80. The zero-order valence-electron chi connectivity index (χ0n) is 32.9. The monoisotopic (exact) mass is 777 g/mol. The molecule has 0 saturated heterocycles. The van der Waals surface area contributed by atoms with Gasteiger partial charge in [-0.2, -0.15) is 0 Å². The third-order valence-corrected chi connectivity index (χ3v) is 12.3. The maximum absolute atomic E-state index is 5.44. The van der Waals surface area contributed by atoms with Crippen LogP contribution in [0.1, 0.15) is 22.3 Å². The minimum atomic E-state index is -0.622. The van der Waals surface area contributed by atoms with Crippen molar-refractivity contribution in [2.75, 3.05) is 0 Å². The number of aromatic nitrogens is 5. The van der Waals surface area contributed by atoms with Crippen LogP contribution >= 0.6 is 0 Å². The van der Waals surface area contributed by atoms with E-state index >= 15 is 0 Å². The van der Waals surface area contributed by atoms with Crippen LogP contribution in [0.15, 0.2) is 213 Å². The fourth-order valence-electron chi connectivity index (χ4n) is 9.78. The Hall–Kier alpha value is -8.15. The maximum Gasteiger partial charge on any atom is 0.164 e. The lowest BCUT2D eigenvalue weighted by Crippen LogP contribution is -2.29. The normalized spacial score (nSPS) is 12.7. The van der Waals surface area contributed by atoms with Crippen molar-refractivity contribution in [2.24, 2.45) is 0 Å². The third kappa shape index (κ3) is 5.44. The summed E-state index contributed by atoms with van der Waals surface area (Å²) in [6, 6.07) is 67.2. The summed E-state index contributed by atoms with van der Waals surface area (Å²) in [6.45, 7) is 0. The van der Waals surface area contributed by atoms with E-state index < -0.39 is 5.41 Å². The van der Waals surface area contributed by atoms with Crippen molar-refractivity contribution in [1.82, 2.24) is 24.9 Å². The molecule has 284 valence electrons. The molecule has 2 aliphatic carbocycles. The Kier molecular flexibility index (Phi) is 8.00. The SMILES string of the molecule is c1ccc(-c2nc(-c3cc(-c4cccnc4)cc(-c4cccnc4)c3)nc(-c3cccc4c3-c3ccccc3C43c4ccccc4-c4ccccc4-c4ccccc43)n2)cc1. The number of hydrogen-bond acceptors (Lipinski definition) is 5. The zero-order chi connectivity index (χ0) is 40.3. The van der Waals surface area contributed by atoms with Gasteiger partial charge in [0, 0.05) is 52.6 Å². The van der Waals surface area contributed by atoms with Crippen LogP contribution in [0.2, 0.25) is 0 Å². The Morgan fingerprint density at radius 3 is 1.28 bits per heavy atom. The van der Waals surface area contributed by atoms with Crippen LogP contribution in [0.25, 0.3) is 89.8 Å². The van der Waals surface area contributed by atoms with Crippen LogP contribution in [0.4, 0.5) is 0 Å². The molecule has 3 heterocycles. The van der Waals surface area contributed by atoms with E-state index in [-0.39, 0.29) is 0 Å². The van der Waals surface area contributed by atoms with Gasteiger partial charge in [0.1, 0.15) is 0 Å². The highest BCUT2D eigenvalue weighted by atomic mass is 15.0. The van der Waals surface area contributed by atoms with Crippen LogP contribution in [-0.4, -0.2) is 24.9 Å². The highest BCUT2D eigenvalue weighted by molar-refractivity contribution is 6.00. The fourth-order valence-corrected chi connectivity index (χ4v) is 9.78. The standard InChI is InChI=1S/C56H35N5/c1-2-15-36(16-3-1)53-59-54(41-32-39(37-17-13-29-57-34-37)31-40(33-41)38-18-14-30-58-35-38)61-55(60-53)47-24-12-28-51-52(47)46-23-8-11-27-50(46)56(51)48-25-9-6-21-44(48)42-19-4-5-20-43(42)45-22-7-10-26-49(45)56/h1-35H. The van der Waals surface area contributed by atoms with Gasteiger partial charge in [-0.15, -0.1) is 0 Å².